The van der Waals surface area contributed by atoms with Crippen LogP contribution in [0.15, 0.2) is 18.3 Å². The molecule has 9 nitrogen and oxygen atoms in total. The maximum atomic E-state index is 15.0. The number of piperidine rings is 1. The maximum absolute atomic E-state index is 15.0. The van der Waals surface area contributed by atoms with Crippen LogP contribution in [0.2, 0.25) is 0 Å². The summed E-state index contributed by atoms with van der Waals surface area (Å²) in [6.45, 7) is 4.02. The van der Waals surface area contributed by atoms with Crippen LogP contribution in [0.25, 0.3) is 17.0 Å². The number of methoxy groups -OCH3 is 1. The minimum Gasteiger partial charge on any atom is -0.495 e. The second-order valence-electron chi connectivity index (χ2n) is 8.12. The van der Waals surface area contributed by atoms with Gasteiger partial charge >= 0.3 is 0 Å². The van der Waals surface area contributed by atoms with Gasteiger partial charge in [0.05, 0.1) is 24.9 Å². The smallest absolute Gasteiger partial charge is 0.157 e. The number of nitrogens with one attached hydrogen (secondary N) is 2. The van der Waals surface area contributed by atoms with E-state index in [-0.39, 0.29) is 28.5 Å². The zero-order valence-corrected chi connectivity index (χ0v) is 17.9. The van der Waals surface area contributed by atoms with E-state index in [1.54, 1.807) is 19.9 Å². The summed E-state index contributed by atoms with van der Waals surface area (Å²) in [5, 5.41) is 30.3. The van der Waals surface area contributed by atoms with Crippen molar-refractivity contribution in [2.75, 3.05) is 25.5 Å². The van der Waals surface area contributed by atoms with E-state index in [0.29, 0.717) is 30.9 Å². The molecule has 0 aliphatic carbocycles. The Balaban J connectivity index is 1.83. The first-order valence-electron chi connectivity index (χ1n) is 10.1. The average molecular weight is 443 g/mol. The molecule has 0 spiro atoms. The maximum Gasteiger partial charge on any atom is 0.157 e. The van der Waals surface area contributed by atoms with Gasteiger partial charge in [0.2, 0.25) is 0 Å². The second-order valence-corrected chi connectivity index (χ2v) is 8.12. The molecule has 0 radical (unpaired) electrons. The van der Waals surface area contributed by atoms with Crippen molar-refractivity contribution in [3.05, 3.63) is 35.4 Å². The molecule has 3 N–H and O–H groups in total. The minimum absolute atomic E-state index is 0.0374. The predicted octanol–water partition coefficient (Wildman–Crippen LogP) is 2.15. The van der Waals surface area contributed by atoms with Crippen molar-refractivity contribution in [1.82, 2.24) is 24.9 Å². The Morgan fingerprint density at radius 1 is 1.41 bits per heavy atom. The summed E-state index contributed by atoms with van der Waals surface area (Å²) in [4.78, 5) is 8.55. The van der Waals surface area contributed by atoms with Crippen molar-refractivity contribution in [2.45, 2.75) is 38.1 Å². The number of anilines is 1. The van der Waals surface area contributed by atoms with Crippen LogP contribution in [0, 0.1) is 17.1 Å². The molecule has 1 saturated heterocycles. The predicted molar refractivity (Wildman–Crippen MR) is 112 cm³/mol. The van der Waals surface area contributed by atoms with E-state index in [2.05, 4.69) is 25.7 Å². The Kier molecular flexibility index (Phi) is 5.66. The molecule has 11 heteroatoms. The Hall–Kier alpha value is -3.36. The molecule has 0 bridgehead atoms. The first kappa shape index (κ1) is 21.9. The third-order valence-corrected chi connectivity index (χ3v) is 5.32. The van der Waals surface area contributed by atoms with Crippen LogP contribution in [-0.2, 0) is 5.60 Å². The number of halogens is 2. The van der Waals surface area contributed by atoms with Gasteiger partial charge in [-0.25, -0.2) is 23.3 Å². The fourth-order valence-electron chi connectivity index (χ4n) is 3.65. The fourth-order valence-corrected chi connectivity index (χ4v) is 3.65. The van der Waals surface area contributed by atoms with Crippen molar-refractivity contribution in [1.29, 1.82) is 5.26 Å². The molecule has 0 amide bonds. The lowest BCUT2D eigenvalue weighted by Gasteiger charge is -2.28. The normalized spacial score (nSPS) is 19.0. The standard InChI is InChI=1S/C21H23F2N7O2/c1-21(2,31)19-16(32-3)7-17-26-10-15(30(17)29-19)18-13(23)6-11(8-24)20(28-18)27-14-9-25-5-4-12(14)22/h6-7,10,12,14,25,31H,4-5,9H2,1-3H3,(H,27,28). The first-order chi connectivity index (χ1) is 15.2. The van der Waals surface area contributed by atoms with Gasteiger partial charge in [0.25, 0.3) is 0 Å². The molecule has 1 aliphatic heterocycles. The van der Waals surface area contributed by atoms with Gasteiger partial charge in [-0.1, -0.05) is 0 Å². The fraction of sp³-hybridized carbons (Fsp3) is 0.429. The Bertz CT molecular complexity index is 1200. The molecule has 1 fully saturated rings. The third-order valence-electron chi connectivity index (χ3n) is 5.32. The first-order valence-corrected chi connectivity index (χ1v) is 10.1. The number of pyridine rings is 1. The molecule has 2 unspecified atom stereocenters. The van der Waals surface area contributed by atoms with Crippen LogP contribution in [-0.4, -0.2) is 57.1 Å². The van der Waals surface area contributed by atoms with Crippen LogP contribution >= 0.6 is 0 Å². The molecule has 32 heavy (non-hydrogen) atoms. The second kappa shape index (κ2) is 8.29. The summed E-state index contributed by atoms with van der Waals surface area (Å²) in [6, 6.07) is 3.92. The summed E-state index contributed by atoms with van der Waals surface area (Å²) in [5.74, 6) is -0.349. The molecule has 4 rings (SSSR count). The van der Waals surface area contributed by atoms with Gasteiger partial charge in [0.15, 0.2) is 11.5 Å². The van der Waals surface area contributed by atoms with E-state index in [4.69, 9.17) is 4.74 Å². The highest BCUT2D eigenvalue weighted by Gasteiger charge is 2.28. The SMILES string of the molecule is COc1cc2ncc(-c3nc(NC4CNCCC4F)c(C#N)cc3F)n2nc1C(C)(C)O. The summed E-state index contributed by atoms with van der Waals surface area (Å²) < 4.78 is 35.9. The van der Waals surface area contributed by atoms with Crippen LogP contribution in [0.5, 0.6) is 5.75 Å². The van der Waals surface area contributed by atoms with Crippen molar-refractivity contribution in [3.8, 4) is 23.2 Å². The number of fused-ring (bicyclic) bond motifs is 1. The number of nitriles is 1. The van der Waals surface area contributed by atoms with Gasteiger partial charge in [-0.15, -0.1) is 0 Å². The molecular weight excluding hydrogens is 420 g/mol. The van der Waals surface area contributed by atoms with E-state index in [9.17, 15) is 19.1 Å². The number of alkyl halides is 1. The van der Waals surface area contributed by atoms with Gasteiger partial charge < -0.3 is 20.5 Å². The Morgan fingerprint density at radius 2 is 2.19 bits per heavy atom. The minimum atomic E-state index is -1.34. The molecule has 168 valence electrons. The number of imidazole rings is 1. The molecule has 3 aromatic heterocycles. The monoisotopic (exact) mass is 443 g/mol. The quantitative estimate of drug-likeness (QED) is 0.549. The lowest BCUT2D eigenvalue weighted by molar-refractivity contribution is 0.0694. The van der Waals surface area contributed by atoms with E-state index in [1.807, 2.05) is 6.07 Å². The zero-order valence-electron chi connectivity index (χ0n) is 17.9. The van der Waals surface area contributed by atoms with Gasteiger partial charge in [-0.05, 0) is 32.9 Å². The Morgan fingerprint density at radius 3 is 2.84 bits per heavy atom. The van der Waals surface area contributed by atoms with Crippen molar-refractivity contribution >= 4 is 11.5 Å². The lowest BCUT2D eigenvalue weighted by atomic mass is 10.0. The van der Waals surface area contributed by atoms with Gasteiger partial charge in [-0.2, -0.15) is 10.4 Å². The largest absolute Gasteiger partial charge is 0.495 e. The summed E-state index contributed by atoms with van der Waals surface area (Å²) in [6.07, 6.45) is 0.584. The number of nitrogens with zero attached hydrogens (tertiary/aromatic N) is 5. The average Bonchev–Trinajstić information content (AvgIpc) is 3.17. The molecule has 1 aliphatic rings. The number of rotatable bonds is 5. The number of hydrogen-bond acceptors (Lipinski definition) is 8. The zero-order chi connectivity index (χ0) is 23.0. The molecular formula is C21H23F2N7O2. The number of hydrogen-bond donors (Lipinski definition) is 3. The van der Waals surface area contributed by atoms with Crippen LogP contribution in [0.1, 0.15) is 31.5 Å². The number of aromatic nitrogens is 4. The number of ether oxygens (including phenoxy) is 1. The molecule has 0 saturated carbocycles. The summed E-state index contributed by atoms with van der Waals surface area (Å²) in [5.41, 5.74) is -0.703. The Labute approximate surface area is 183 Å². The summed E-state index contributed by atoms with van der Waals surface area (Å²) >= 11 is 0. The third kappa shape index (κ3) is 3.94. The van der Waals surface area contributed by atoms with E-state index in [0.717, 1.165) is 6.07 Å². The van der Waals surface area contributed by atoms with Crippen LogP contribution in [0.4, 0.5) is 14.6 Å². The molecule has 3 aromatic rings. The van der Waals surface area contributed by atoms with Crippen molar-refractivity contribution in [2.24, 2.45) is 0 Å². The number of aliphatic hydroxyl groups is 1. The molecule has 0 aromatic carbocycles. The van der Waals surface area contributed by atoms with Crippen molar-refractivity contribution < 1.29 is 18.6 Å². The molecule has 4 heterocycles. The van der Waals surface area contributed by atoms with Gasteiger partial charge in [0.1, 0.15) is 46.5 Å². The van der Waals surface area contributed by atoms with Crippen LogP contribution in [0.3, 0.4) is 0 Å². The van der Waals surface area contributed by atoms with Crippen LogP contribution < -0.4 is 15.4 Å². The van der Waals surface area contributed by atoms with Crippen molar-refractivity contribution in [3.63, 3.8) is 0 Å². The van der Waals surface area contributed by atoms with E-state index >= 15 is 0 Å². The highest BCUT2D eigenvalue weighted by molar-refractivity contribution is 5.66. The molecule has 2 atom stereocenters. The van der Waals surface area contributed by atoms with E-state index in [1.165, 1.54) is 17.8 Å². The van der Waals surface area contributed by atoms with E-state index < -0.39 is 23.6 Å². The topological polar surface area (TPSA) is 120 Å². The highest BCUT2D eigenvalue weighted by atomic mass is 19.1. The lowest BCUT2D eigenvalue weighted by Crippen LogP contribution is -2.46. The van der Waals surface area contributed by atoms with Gasteiger partial charge in [0, 0.05) is 12.6 Å². The van der Waals surface area contributed by atoms with Gasteiger partial charge in [-0.3, -0.25) is 0 Å². The highest BCUT2D eigenvalue weighted by Crippen LogP contribution is 2.31. The summed E-state index contributed by atoms with van der Waals surface area (Å²) in [7, 11) is 1.45.